The van der Waals surface area contributed by atoms with E-state index in [1.165, 1.54) is 18.2 Å². The number of nitrogens with one attached hydrogen (secondary N) is 1. The maximum absolute atomic E-state index is 11.9. The SMILES string of the molecule is C#CCCCCNS(=O)(=O)c1cc(Cl)ccc1Cl. The van der Waals surface area contributed by atoms with E-state index in [4.69, 9.17) is 29.6 Å². The summed E-state index contributed by atoms with van der Waals surface area (Å²) in [6.07, 6.45) is 7.20. The quantitative estimate of drug-likeness (QED) is 0.648. The van der Waals surface area contributed by atoms with E-state index < -0.39 is 10.0 Å². The van der Waals surface area contributed by atoms with Gasteiger partial charge in [-0.1, -0.05) is 23.2 Å². The Bertz CT molecular complexity index is 550. The van der Waals surface area contributed by atoms with Crippen LogP contribution in [-0.4, -0.2) is 15.0 Å². The van der Waals surface area contributed by atoms with Crippen molar-refractivity contribution in [3.8, 4) is 12.3 Å². The summed E-state index contributed by atoms with van der Waals surface area (Å²) in [6, 6.07) is 4.32. The van der Waals surface area contributed by atoms with Crippen molar-refractivity contribution >= 4 is 33.2 Å². The van der Waals surface area contributed by atoms with Crippen molar-refractivity contribution in [3.63, 3.8) is 0 Å². The van der Waals surface area contributed by atoms with Crippen LogP contribution in [0.2, 0.25) is 10.0 Å². The highest BCUT2D eigenvalue weighted by atomic mass is 35.5. The number of benzene rings is 1. The number of rotatable bonds is 6. The predicted octanol–water partition coefficient (Wildman–Crippen LogP) is 3.08. The number of hydrogen-bond donors (Lipinski definition) is 1. The molecule has 1 aromatic carbocycles. The van der Waals surface area contributed by atoms with E-state index in [-0.39, 0.29) is 9.92 Å². The van der Waals surface area contributed by atoms with Crippen molar-refractivity contribution in [2.24, 2.45) is 0 Å². The van der Waals surface area contributed by atoms with Crippen molar-refractivity contribution in [1.82, 2.24) is 4.72 Å². The lowest BCUT2D eigenvalue weighted by Crippen LogP contribution is -2.25. The lowest BCUT2D eigenvalue weighted by atomic mass is 10.2. The van der Waals surface area contributed by atoms with E-state index in [0.717, 1.165) is 6.42 Å². The van der Waals surface area contributed by atoms with Gasteiger partial charge in [-0.05, 0) is 31.0 Å². The third-order valence-corrected chi connectivity index (χ3v) is 4.40. The fourth-order valence-electron chi connectivity index (χ4n) is 1.32. The monoisotopic (exact) mass is 305 g/mol. The zero-order valence-electron chi connectivity index (χ0n) is 9.62. The smallest absolute Gasteiger partial charge is 0.211 e. The summed E-state index contributed by atoms with van der Waals surface area (Å²) < 4.78 is 26.3. The first-order chi connectivity index (χ1) is 8.47. The van der Waals surface area contributed by atoms with Crippen LogP contribution in [0.1, 0.15) is 19.3 Å². The minimum atomic E-state index is -3.62. The molecule has 1 rings (SSSR count). The van der Waals surface area contributed by atoms with Crippen LogP contribution in [0.5, 0.6) is 0 Å². The molecule has 0 fully saturated rings. The summed E-state index contributed by atoms with van der Waals surface area (Å²) >= 11 is 11.6. The van der Waals surface area contributed by atoms with Crippen LogP contribution in [0.4, 0.5) is 0 Å². The number of sulfonamides is 1. The molecule has 0 aliphatic heterocycles. The first kappa shape index (κ1) is 15.3. The second kappa shape index (κ2) is 7.01. The Hall–Kier alpha value is -0.730. The van der Waals surface area contributed by atoms with Gasteiger partial charge in [-0.2, -0.15) is 0 Å². The lowest BCUT2D eigenvalue weighted by Gasteiger charge is -2.08. The maximum Gasteiger partial charge on any atom is 0.242 e. The lowest BCUT2D eigenvalue weighted by molar-refractivity contribution is 0.577. The van der Waals surface area contributed by atoms with Crippen molar-refractivity contribution in [3.05, 3.63) is 28.2 Å². The molecule has 0 spiro atoms. The minimum absolute atomic E-state index is 0.00591. The summed E-state index contributed by atoms with van der Waals surface area (Å²) in [5, 5.41) is 0.475. The standard InChI is InChI=1S/C12H13Cl2NO2S/c1-2-3-4-5-8-15-18(16,17)12-9-10(13)6-7-11(12)14/h1,6-7,9,15H,3-5,8H2. The number of terminal acetylenes is 1. The highest BCUT2D eigenvalue weighted by Crippen LogP contribution is 2.24. The Kier molecular flexibility index (Phi) is 5.97. The molecule has 6 heteroatoms. The molecule has 0 bridgehead atoms. The van der Waals surface area contributed by atoms with Crippen molar-refractivity contribution in [1.29, 1.82) is 0 Å². The zero-order valence-corrected chi connectivity index (χ0v) is 11.9. The fourth-order valence-corrected chi connectivity index (χ4v) is 3.15. The topological polar surface area (TPSA) is 46.2 Å². The molecule has 0 aliphatic rings. The highest BCUT2D eigenvalue weighted by molar-refractivity contribution is 7.89. The molecule has 0 amide bonds. The normalized spacial score (nSPS) is 11.2. The molecule has 0 aliphatic carbocycles. The van der Waals surface area contributed by atoms with Crippen molar-refractivity contribution in [2.45, 2.75) is 24.2 Å². The number of halogens is 2. The molecule has 3 nitrogen and oxygen atoms in total. The van der Waals surface area contributed by atoms with Crippen molar-refractivity contribution < 1.29 is 8.42 Å². The average Bonchev–Trinajstić information content (AvgIpc) is 2.32. The molecule has 0 saturated carbocycles. The van der Waals surface area contributed by atoms with Gasteiger partial charge in [0, 0.05) is 18.0 Å². The van der Waals surface area contributed by atoms with E-state index in [9.17, 15) is 8.42 Å². The van der Waals surface area contributed by atoms with Gasteiger partial charge in [-0.15, -0.1) is 12.3 Å². The summed E-state index contributed by atoms with van der Waals surface area (Å²) in [7, 11) is -3.62. The molecule has 0 radical (unpaired) electrons. The molecule has 0 atom stereocenters. The van der Waals surface area contributed by atoms with Gasteiger partial charge in [-0.3, -0.25) is 0 Å². The number of hydrogen-bond acceptors (Lipinski definition) is 2. The van der Waals surface area contributed by atoms with Crippen LogP contribution in [0.15, 0.2) is 23.1 Å². The molecule has 0 unspecified atom stereocenters. The van der Waals surface area contributed by atoms with E-state index in [0.29, 0.717) is 24.4 Å². The summed E-state index contributed by atoms with van der Waals surface area (Å²) in [5.74, 6) is 2.50. The molecule has 0 saturated heterocycles. The summed E-state index contributed by atoms with van der Waals surface area (Å²) in [4.78, 5) is -0.00591. The molecule has 0 aromatic heterocycles. The minimum Gasteiger partial charge on any atom is -0.211 e. The third-order valence-electron chi connectivity index (χ3n) is 2.22. The number of unbranched alkanes of at least 4 members (excludes halogenated alkanes) is 2. The van der Waals surface area contributed by atoms with Gasteiger partial charge in [0.15, 0.2) is 0 Å². The fraction of sp³-hybridized carbons (Fsp3) is 0.333. The van der Waals surface area contributed by atoms with Crippen molar-refractivity contribution in [2.75, 3.05) is 6.54 Å². The van der Waals surface area contributed by atoms with E-state index in [2.05, 4.69) is 10.6 Å². The Morgan fingerprint density at radius 1 is 1.28 bits per heavy atom. The van der Waals surface area contributed by atoms with Crippen LogP contribution in [-0.2, 0) is 10.0 Å². The molecule has 18 heavy (non-hydrogen) atoms. The Morgan fingerprint density at radius 3 is 2.67 bits per heavy atom. The largest absolute Gasteiger partial charge is 0.242 e. The Morgan fingerprint density at radius 2 is 2.00 bits per heavy atom. The van der Waals surface area contributed by atoms with E-state index >= 15 is 0 Å². The summed E-state index contributed by atoms with van der Waals surface area (Å²) in [6.45, 7) is 0.326. The zero-order chi connectivity index (χ0) is 13.6. The molecule has 1 aromatic rings. The Balaban J connectivity index is 2.69. The first-order valence-corrected chi connectivity index (χ1v) is 7.59. The van der Waals surface area contributed by atoms with Gasteiger partial charge in [0.05, 0.1) is 5.02 Å². The van der Waals surface area contributed by atoms with Crippen LogP contribution >= 0.6 is 23.2 Å². The Labute approximate surface area is 118 Å². The van der Waals surface area contributed by atoms with Gasteiger partial charge in [0.2, 0.25) is 10.0 Å². The van der Waals surface area contributed by atoms with Gasteiger partial charge in [-0.25, -0.2) is 13.1 Å². The highest BCUT2D eigenvalue weighted by Gasteiger charge is 2.17. The van der Waals surface area contributed by atoms with E-state index in [1.807, 2.05) is 0 Å². The van der Waals surface area contributed by atoms with Crippen LogP contribution in [0.3, 0.4) is 0 Å². The van der Waals surface area contributed by atoms with Gasteiger partial charge < -0.3 is 0 Å². The van der Waals surface area contributed by atoms with Crippen LogP contribution in [0, 0.1) is 12.3 Å². The molecule has 0 heterocycles. The first-order valence-electron chi connectivity index (χ1n) is 5.35. The average molecular weight is 306 g/mol. The third kappa shape index (κ3) is 4.51. The molecule has 98 valence electrons. The van der Waals surface area contributed by atoms with E-state index in [1.54, 1.807) is 0 Å². The van der Waals surface area contributed by atoms with Crippen LogP contribution < -0.4 is 4.72 Å². The molecular weight excluding hydrogens is 293 g/mol. The summed E-state index contributed by atoms with van der Waals surface area (Å²) in [5.41, 5.74) is 0. The van der Waals surface area contributed by atoms with Crippen LogP contribution in [0.25, 0.3) is 0 Å². The second-order valence-electron chi connectivity index (χ2n) is 3.63. The predicted molar refractivity (Wildman–Crippen MR) is 74.3 cm³/mol. The molecule has 1 N–H and O–H groups in total. The maximum atomic E-state index is 11.9. The second-order valence-corrected chi connectivity index (χ2v) is 6.21. The molecular formula is C12H13Cl2NO2S. The van der Waals surface area contributed by atoms with Gasteiger partial charge >= 0.3 is 0 Å². The van der Waals surface area contributed by atoms with Gasteiger partial charge in [0.25, 0.3) is 0 Å². The van der Waals surface area contributed by atoms with Gasteiger partial charge in [0.1, 0.15) is 4.90 Å².